The summed E-state index contributed by atoms with van der Waals surface area (Å²) in [4.78, 5) is 16.9. The Hall–Kier alpha value is -2.87. The van der Waals surface area contributed by atoms with Crippen LogP contribution >= 0.6 is 0 Å². The molecule has 3 aromatic rings. The third-order valence-corrected chi connectivity index (χ3v) is 5.86. The number of hydrogen-bond donors (Lipinski definition) is 1. The number of furan rings is 1. The highest BCUT2D eigenvalue weighted by molar-refractivity contribution is 7.83. The van der Waals surface area contributed by atoms with Gasteiger partial charge in [-0.05, 0) is 24.6 Å². The first-order chi connectivity index (χ1) is 13.4. The van der Waals surface area contributed by atoms with E-state index in [4.69, 9.17) is 4.42 Å². The first kappa shape index (κ1) is 18.5. The van der Waals surface area contributed by atoms with Gasteiger partial charge in [0.1, 0.15) is 11.4 Å². The van der Waals surface area contributed by atoms with E-state index in [2.05, 4.69) is 4.72 Å². The van der Waals surface area contributed by atoms with Gasteiger partial charge < -0.3 is 14.2 Å². The molecule has 0 bridgehead atoms. The number of amides is 1. The van der Waals surface area contributed by atoms with Crippen LogP contribution in [-0.4, -0.2) is 37.3 Å². The molecule has 4 rings (SSSR count). The molecule has 28 heavy (non-hydrogen) atoms. The van der Waals surface area contributed by atoms with Crippen LogP contribution in [0.5, 0.6) is 0 Å². The lowest BCUT2D eigenvalue weighted by Crippen LogP contribution is -2.36. The molecule has 2 aromatic carbocycles. The topological polar surface area (TPSA) is 65.8 Å². The van der Waals surface area contributed by atoms with Crippen LogP contribution in [0.2, 0.25) is 0 Å². The molecule has 1 amide bonds. The van der Waals surface area contributed by atoms with Crippen LogP contribution in [0.4, 0.5) is 15.8 Å². The lowest BCUT2D eigenvalue weighted by molar-refractivity contribution is 0.0958. The minimum Gasteiger partial charge on any atom is -0.451 e. The summed E-state index contributed by atoms with van der Waals surface area (Å²) in [5.41, 5.74) is 1.77. The number of rotatable bonds is 5. The van der Waals surface area contributed by atoms with E-state index in [-0.39, 0.29) is 11.1 Å². The number of carbonyl (C=O) groups is 1. The Kier molecular flexibility index (Phi) is 4.80. The summed E-state index contributed by atoms with van der Waals surface area (Å²) in [6.07, 6.45) is 1.08. The van der Waals surface area contributed by atoms with Gasteiger partial charge >= 0.3 is 0 Å². The van der Waals surface area contributed by atoms with Crippen molar-refractivity contribution in [1.29, 1.82) is 0 Å². The number of halogens is 1. The maximum Gasteiger partial charge on any atom is 0.298 e. The Balaban J connectivity index is 1.59. The highest BCUT2D eigenvalue weighted by atomic mass is 32.2. The van der Waals surface area contributed by atoms with E-state index in [0.717, 1.165) is 30.9 Å². The molecule has 0 saturated carbocycles. The third-order valence-electron chi connectivity index (χ3n) is 4.75. The van der Waals surface area contributed by atoms with Crippen LogP contribution < -0.4 is 14.5 Å². The lowest BCUT2D eigenvalue weighted by atomic mass is 10.1. The van der Waals surface area contributed by atoms with Crippen LogP contribution in [0.15, 0.2) is 51.8 Å². The van der Waals surface area contributed by atoms with Crippen LogP contribution in [0, 0.1) is 5.82 Å². The number of anilines is 2. The lowest BCUT2D eigenvalue weighted by Gasteiger charge is -2.33. The molecule has 2 heterocycles. The van der Waals surface area contributed by atoms with Gasteiger partial charge in [-0.3, -0.25) is 9.52 Å². The normalized spacial score (nSPS) is 14.6. The Morgan fingerprint density at radius 1 is 1.21 bits per heavy atom. The molecule has 1 unspecified atom stereocenters. The number of para-hydroxylation sites is 1. The van der Waals surface area contributed by atoms with Gasteiger partial charge in [0.2, 0.25) is 0 Å². The van der Waals surface area contributed by atoms with Gasteiger partial charge in [0.25, 0.3) is 5.91 Å². The second kappa shape index (κ2) is 7.27. The van der Waals surface area contributed by atoms with E-state index < -0.39 is 22.7 Å². The molecule has 1 atom stereocenters. The highest BCUT2D eigenvalue weighted by Crippen LogP contribution is 2.30. The number of carbonyl (C=O) groups excluding carboxylic acids is 1. The fourth-order valence-corrected chi connectivity index (χ4v) is 4.15. The SMILES string of the molecule is CN(C)c1ccccc1S(=O)NC(=O)c1cc2c(F)cc(N3CCC3)cc2o1. The molecule has 1 aromatic heterocycles. The Morgan fingerprint density at radius 3 is 2.64 bits per heavy atom. The average molecular weight is 401 g/mol. The molecule has 146 valence electrons. The monoisotopic (exact) mass is 401 g/mol. The molecular weight excluding hydrogens is 381 g/mol. The second-order valence-corrected chi connectivity index (χ2v) is 8.03. The van der Waals surface area contributed by atoms with Gasteiger partial charge in [-0.15, -0.1) is 0 Å². The van der Waals surface area contributed by atoms with E-state index in [0.29, 0.717) is 10.5 Å². The Labute approximate surface area is 164 Å². The summed E-state index contributed by atoms with van der Waals surface area (Å²) in [7, 11) is 1.88. The number of nitrogens with one attached hydrogen (secondary N) is 1. The number of nitrogens with zero attached hydrogens (tertiary/aromatic N) is 2. The molecule has 1 aliphatic rings. The van der Waals surface area contributed by atoms with Crippen molar-refractivity contribution in [2.75, 3.05) is 37.0 Å². The van der Waals surface area contributed by atoms with Gasteiger partial charge in [-0.2, -0.15) is 0 Å². The molecule has 6 nitrogen and oxygen atoms in total. The summed E-state index contributed by atoms with van der Waals surface area (Å²) >= 11 is 0. The molecule has 8 heteroatoms. The van der Waals surface area contributed by atoms with Crippen LogP contribution in [0.3, 0.4) is 0 Å². The van der Waals surface area contributed by atoms with E-state index in [9.17, 15) is 13.4 Å². The fraction of sp³-hybridized carbons (Fsp3) is 0.250. The molecule has 1 fully saturated rings. The van der Waals surface area contributed by atoms with Crippen molar-refractivity contribution < 1.29 is 17.8 Å². The number of benzene rings is 2. The van der Waals surface area contributed by atoms with Crippen molar-refractivity contribution in [2.45, 2.75) is 11.3 Å². The smallest absolute Gasteiger partial charge is 0.298 e. The first-order valence-electron chi connectivity index (χ1n) is 8.91. The van der Waals surface area contributed by atoms with Crippen molar-refractivity contribution in [2.24, 2.45) is 0 Å². The Morgan fingerprint density at radius 2 is 1.96 bits per heavy atom. The summed E-state index contributed by atoms with van der Waals surface area (Å²) in [5.74, 6) is -1.18. The fourth-order valence-electron chi connectivity index (χ4n) is 3.12. The van der Waals surface area contributed by atoms with Gasteiger partial charge in [0.05, 0.1) is 16.0 Å². The molecule has 1 aliphatic heterocycles. The minimum atomic E-state index is -1.78. The van der Waals surface area contributed by atoms with Crippen molar-refractivity contribution in [3.05, 3.63) is 54.0 Å². The molecule has 1 N–H and O–H groups in total. The zero-order valence-corrected chi connectivity index (χ0v) is 16.4. The highest BCUT2D eigenvalue weighted by Gasteiger charge is 2.21. The summed E-state index contributed by atoms with van der Waals surface area (Å²) in [6.45, 7) is 1.76. The van der Waals surface area contributed by atoms with E-state index in [1.54, 1.807) is 18.2 Å². The van der Waals surface area contributed by atoms with Crippen molar-refractivity contribution in [3.8, 4) is 0 Å². The van der Waals surface area contributed by atoms with Crippen LogP contribution in [-0.2, 0) is 11.0 Å². The maximum atomic E-state index is 14.4. The van der Waals surface area contributed by atoms with Crippen molar-refractivity contribution in [1.82, 2.24) is 4.72 Å². The van der Waals surface area contributed by atoms with Crippen LogP contribution in [0.1, 0.15) is 17.0 Å². The standard InChI is InChI=1S/C20H20FN3O3S/c1-23(2)16-6-3-4-7-19(16)28(26)22-20(25)18-12-14-15(21)10-13(11-17(14)27-18)24-8-5-9-24/h3-4,6-7,10-12H,5,8-9H2,1-2H3,(H,22,25). The van der Waals surface area contributed by atoms with E-state index in [1.807, 2.05) is 36.0 Å². The second-order valence-electron chi connectivity index (χ2n) is 6.85. The van der Waals surface area contributed by atoms with Crippen molar-refractivity contribution >= 4 is 39.2 Å². The quantitative estimate of drug-likeness (QED) is 0.711. The molecule has 1 saturated heterocycles. The predicted molar refractivity (Wildman–Crippen MR) is 108 cm³/mol. The van der Waals surface area contributed by atoms with E-state index in [1.165, 1.54) is 12.1 Å². The summed E-state index contributed by atoms with van der Waals surface area (Å²) in [5, 5.41) is 0.230. The van der Waals surface area contributed by atoms with Gasteiger partial charge in [-0.1, -0.05) is 12.1 Å². The Bertz CT molecular complexity index is 1080. The van der Waals surface area contributed by atoms with Gasteiger partial charge in [0, 0.05) is 45.0 Å². The summed E-state index contributed by atoms with van der Waals surface area (Å²) < 4.78 is 35.1. The van der Waals surface area contributed by atoms with Crippen LogP contribution in [0.25, 0.3) is 11.0 Å². The number of fused-ring (bicyclic) bond motifs is 1. The minimum absolute atomic E-state index is 0.0784. The number of hydrogen-bond acceptors (Lipinski definition) is 5. The molecule has 0 radical (unpaired) electrons. The van der Waals surface area contributed by atoms with Gasteiger partial charge in [0.15, 0.2) is 16.7 Å². The molecular formula is C20H20FN3O3S. The largest absolute Gasteiger partial charge is 0.451 e. The molecule has 0 aliphatic carbocycles. The zero-order chi connectivity index (χ0) is 19.8. The van der Waals surface area contributed by atoms with Crippen molar-refractivity contribution in [3.63, 3.8) is 0 Å². The first-order valence-corrected chi connectivity index (χ1v) is 10.1. The average Bonchev–Trinajstić information content (AvgIpc) is 3.05. The third kappa shape index (κ3) is 3.35. The van der Waals surface area contributed by atoms with E-state index >= 15 is 0 Å². The maximum absolute atomic E-state index is 14.4. The summed E-state index contributed by atoms with van der Waals surface area (Å²) in [6, 6.07) is 11.6. The van der Waals surface area contributed by atoms with Gasteiger partial charge in [-0.25, -0.2) is 8.60 Å². The zero-order valence-electron chi connectivity index (χ0n) is 15.6. The molecule has 0 spiro atoms. The predicted octanol–water partition coefficient (Wildman–Crippen LogP) is 3.30.